The van der Waals surface area contributed by atoms with Crippen molar-refractivity contribution in [1.82, 2.24) is 0 Å². The molecular weight excluding hydrogens is 504 g/mol. The van der Waals surface area contributed by atoms with Crippen molar-refractivity contribution in [3.8, 4) is 11.4 Å². The van der Waals surface area contributed by atoms with Crippen molar-refractivity contribution in [2.75, 3.05) is 11.5 Å². The molecule has 4 aromatic rings. The first-order valence-electron chi connectivity index (χ1n) is 10.4. The summed E-state index contributed by atoms with van der Waals surface area (Å²) in [6.07, 6.45) is 3.50. The van der Waals surface area contributed by atoms with Crippen LogP contribution in [0.2, 0.25) is 0 Å². The van der Waals surface area contributed by atoms with Crippen molar-refractivity contribution < 1.29 is 35.9 Å². The molecule has 2 aromatic carbocycles. The summed E-state index contributed by atoms with van der Waals surface area (Å²) < 4.78 is 62.3. The van der Waals surface area contributed by atoms with Crippen LogP contribution in [-0.2, 0) is 20.2 Å². The lowest BCUT2D eigenvalue weighted by Gasteiger charge is -2.05. The summed E-state index contributed by atoms with van der Waals surface area (Å²) in [6.45, 7) is 3.64. The number of benzene rings is 2. The van der Waals surface area contributed by atoms with Crippen LogP contribution in [0.15, 0.2) is 95.0 Å². The van der Waals surface area contributed by atoms with Crippen LogP contribution in [0.1, 0.15) is 11.1 Å². The molecule has 0 saturated heterocycles. The summed E-state index contributed by atoms with van der Waals surface area (Å²) in [6, 6.07) is 19.1. The van der Waals surface area contributed by atoms with E-state index >= 15 is 0 Å². The second-order valence-electron chi connectivity index (χ2n) is 7.61. The van der Waals surface area contributed by atoms with Gasteiger partial charge < -0.3 is 20.6 Å². The number of rotatable bonds is 3. The summed E-state index contributed by atoms with van der Waals surface area (Å²) in [7, 11) is -8.54. The summed E-state index contributed by atoms with van der Waals surface area (Å²) in [4.78, 5) is 5.80. The molecule has 0 amide bonds. The molecule has 0 fully saturated rings. The molecule has 0 aliphatic carbocycles. The maximum Gasteiger partial charge on any atom is 0.275 e. The third-order valence-electron chi connectivity index (χ3n) is 4.58. The molecule has 36 heavy (non-hydrogen) atoms. The van der Waals surface area contributed by atoms with Crippen LogP contribution in [0, 0.1) is 13.8 Å². The number of pyridine rings is 2. The van der Waals surface area contributed by atoms with Gasteiger partial charge in [0.25, 0.3) is 11.4 Å². The van der Waals surface area contributed by atoms with E-state index in [4.69, 9.17) is 11.5 Å². The van der Waals surface area contributed by atoms with E-state index in [1.54, 1.807) is 36.7 Å². The summed E-state index contributed by atoms with van der Waals surface area (Å²) >= 11 is 0. The van der Waals surface area contributed by atoms with Crippen LogP contribution in [0.5, 0.6) is 0 Å². The number of hydrogen-bond donors (Lipinski definition) is 2. The fraction of sp³-hybridized carbons (Fsp3) is 0.0833. The first-order chi connectivity index (χ1) is 16.8. The molecule has 0 unspecified atom stereocenters. The fourth-order valence-electron chi connectivity index (χ4n) is 2.62. The van der Waals surface area contributed by atoms with E-state index in [9.17, 15) is 25.9 Å². The van der Waals surface area contributed by atoms with Crippen molar-refractivity contribution in [2.24, 2.45) is 0 Å². The standard InChI is InChI=1S/C10H10N4.2C7H8O3S/c11-7-1-3-9(13-5-7)10-4-2-8(12)6-14-10;2*1-6-2-4-7(5-3-6)11(8,9)10/h1-6H,11-12H2;2*2-5H,1H3,(H,8,9,10). The van der Waals surface area contributed by atoms with Gasteiger partial charge in [-0.15, -0.1) is 0 Å². The molecule has 0 aliphatic heterocycles. The van der Waals surface area contributed by atoms with Gasteiger partial charge in [-0.1, -0.05) is 35.4 Å². The molecule has 0 aliphatic rings. The molecule has 10 nitrogen and oxygen atoms in total. The Labute approximate surface area is 210 Å². The first kappa shape index (κ1) is 28.4. The Hall–Kier alpha value is -3.84. The van der Waals surface area contributed by atoms with Crippen LogP contribution in [0.25, 0.3) is 11.4 Å². The van der Waals surface area contributed by atoms with Crippen LogP contribution in [0.3, 0.4) is 0 Å². The molecule has 12 heteroatoms. The zero-order chi connectivity index (χ0) is 26.9. The van der Waals surface area contributed by atoms with Crippen LogP contribution < -0.4 is 21.4 Å². The van der Waals surface area contributed by atoms with Gasteiger partial charge in [0, 0.05) is 12.1 Å². The molecule has 0 atom stereocenters. The second kappa shape index (κ2) is 12.2. The summed E-state index contributed by atoms with van der Waals surface area (Å²) in [5.74, 6) is 0. The number of anilines is 2. The van der Waals surface area contributed by atoms with E-state index in [2.05, 4.69) is 9.97 Å². The molecular formula is C24H26N4O6S2. The van der Waals surface area contributed by atoms with Crippen molar-refractivity contribution >= 4 is 31.6 Å². The van der Waals surface area contributed by atoms with Crippen LogP contribution in [-0.4, -0.2) is 25.9 Å². The molecule has 0 saturated carbocycles. The number of nitrogen functional groups attached to an aromatic ring is 2. The monoisotopic (exact) mass is 530 g/mol. The molecule has 4 rings (SSSR count). The molecule has 0 radical (unpaired) electrons. The highest BCUT2D eigenvalue weighted by Gasteiger charge is 2.11. The quantitative estimate of drug-likeness (QED) is 0.375. The fourth-order valence-corrected chi connectivity index (χ4v) is 3.56. The summed E-state index contributed by atoms with van der Waals surface area (Å²) in [5.41, 5.74) is 16.4. The predicted molar refractivity (Wildman–Crippen MR) is 132 cm³/mol. The van der Waals surface area contributed by atoms with Gasteiger partial charge in [-0.2, -0.15) is 0 Å². The van der Waals surface area contributed by atoms with Crippen molar-refractivity contribution in [3.63, 3.8) is 0 Å². The smallest absolute Gasteiger partial charge is 0.275 e. The number of aromatic amines is 2. The van der Waals surface area contributed by atoms with Gasteiger partial charge in [0.1, 0.15) is 20.2 Å². The van der Waals surface area contributed by atoms with E-state index < -0.39 is 20.2 Å². The average molecular weight is 531 g/mol. The Balaban J connectivity index is 0.000000193. The van der Waals surface area contributed by atoms with E-state index in [1.807, 2.05) is 38.1 Å². The lowest BCUT2D eigenvalue weighted by Crippen LogP contribution is -2.15. The zero-order valence-corrected chi connectivity index (χ0v) is 21.1. The molecule has 6 N–H and O–H groups in total. The minimum Gasteiger partial charge on any atom is -0.744 e. The Morgan fingerprint density at radius 3 is 1.08 bits per heavy atom. The predicted octanol–water partition coefficient (Wildman–Crippen LogP) is 1.94. The highest BCUT2D eigenvalue weighted by Crippen LogP contribution is 2.10. The normalized spacial score (nSPS) is 10.9. The highest BCUT2D eigenvalue weighted by atomic mass is 32.2. The number of nitrogens with one attached hydrogen (secondary N) is 2. The SMILES string of the molecule is Cc1ccc(S(=O)(=O)[O-])cc1.Cc1ccc(S(=O)(=O)[O-])cc1.Nc1ccc(-c2ccc(N)c[nH+]2)[nH+]c1. The van der Waals surface area contributed by atoms with Gasteiger partial charge >= 0.3 is 0 Å². The maximum atomic E-state index is 10.4. The van der Waals surface area contributed by atoms with Crippen molar-refractivity contribution in [2.45, 2.75) is 23.6 Å². The van der Waals surface area contributed by atoms with Gasteiger partial charge in [0.05, 0.1) is 21.2 Å². The van der Waals surface area contributed by atoms with Gasteiger partial charge in [0.2, 0.25) is 0 Å². The highest BCUT2D eigenvalue weighted by molar-refractivity contribution is 7.86. The van der Waals surface area contributed by atoms with Crippen molar-refractivity contribution in [1.29, 1.82) is 0 Å². The van der Waals surface area contributed by atoms with E-state index in [0.717, 1.165) is 22.5 Å². The Kier molecular flexibility index (Phi) is 9.64. The Morgan fingerprint density at radius 1 is 0.556 bits per heavy atom. The maximum absolute atomic E-state index is 10.4. The summed E-state index contributed by atoms with van der Waals surface area (Å²) in [5, 5.41) is 0. The average Bonchev–Trinajstić information content (AvgIpc) is 2.80. The molecule has 2 heterocycles. The number of aromatic nitrogens is 2. The third-order valence-corrected chi connectivity index (χ3v) is 6.28. The minimum atomic E-state index is -4.27. The topological polar surface area (TPSA) is 195 Å². The van der Waals surface area contributed by atoms with Crippen molar-refractivity contribution in [3.05, 3.63) is 96.3 Å². The van der Waals surface area contributed by atoms with E-state index in [1.165, 1.54) is 24.3 Å². The lowest BCUT2D eigenvalue weighted by molar-refractivity contribution is -0.401. The number of nitrogens with two attached hydrogens (primary N) is 2. The Morgan fingerprint density at radius 2 is 0.861 bits per heavy atom. The zero-order valence-electron chi connectivity index (χ0n) is 19.5. The second-order valence-corrected chi connectivity index (χ2v) is 10.4. The minimum absolute atomic E-state index is 0.178. The van der Waals surface area contributed by atoms with Gasteiger partial charge in [-0.3, -0.25) is 0 Å². The van der Waals surface area contributed by atoms with E-state index in [-0.39, 0.29) is 9.79 Å². The molecule has 0 bridgehead atoms. The van der Waals surface area contributed by atoms with E-state index in [0.29, 0.717) is 11.4 Å². The largest absolute Gasteiger partial charge is 0.744 e. The van der Waals surface area contributed by atoms with Crippen LogP contribution >= 0.6 is 0 Å². The molecule has 0 spiro atoms. The van der Waals surface area contributed by atoms with Crippen LogP contribution in [0.4, 0.5) is 11.4 Å². The third kappa shape index (κ3) is 9.43. The van der Waals surface area contributed by atoms with Gasteiger partial charge in [0.15, 0.2) is 12.4 Å². The lowest BCUT2D eigenvalue weighted by atomic mass is 10.2. The van der Waals surface area contributed by atoms with Gasteiger partial charge in [-0.05, 0) is 50.2 Å². The van der Waals surface area contributed by atoms with Gasteiger partial charge in [-0.25, -0.2) is 26.8 Å². The number of H-pyrrole nitrogens is 2. The first-order valence-corrected chi connectivity index (χ1v) is 13.2. The molecule has 2 aromatic heterocycles. The molecule has 190 valence electrons. The Bertz CT molecular complexity index is 1360. The number of hydrogen-bond acceptors (Lipinski definition) is 8. The number of aryl methyl sites for hydroxylation is 2.